The van der Waals surface area contributed by atoms with Crippen LogP contribution in [0.15, 0.2) is 18.2 Å². The summed E-state index contributed by atoms with van der Waals surface area (Å²) >= 11 is 0. The molecule has 1 nitrogen and oxygen atoms in total. The van der Waals surface area contributed by atoms with Crippen molar-refractivity contribution in [2.45, 2.75) is 12.8 Å². The molecule has 2 heteroatoms. The van der Waals surface area contributed by atoms with Gasteiger partial charge in [-0.1, -0.05) is 6.07 Å². The van der Waals surface area contributed by atoms with Gasteiger partial charge in [0.15, 0.2) is 0 Å². The zero-order valence-electron chi connectivity index (χ0n) is 6.89. The van der Waals surface area contributed by atoms with E-state index in [1.54, 1.807) is 12.1 Å². The highest BCUT2D eigenvalue weighted by molar-refractivity contribution is 5.47. The predicted octanol–water partition coefficient (Wildman–Crippen LogP) is 2.23. The van der Waals surface area contributed by atoms with Crippen molar-refractivity contribution >= 4 is 5.69 Å². The monoisotopic (exact) mass is 164 g/mol. The van der Waals surface area contributed by atoms with Crippen molar-refractivity contribution in [3.63, 3.8) is 0 Å². The second-order valence-electron chi connectivity index (χ2n) is 3.07. The van der Waals surface area contributed by atoms with Crippen LogP contribution < -0.4 is 4.90 Å². The number of benzene rings is 1. The van der Waals surface area contributed by atoms with Crippen LogP contribution >= 0.6 is 0 Å². The number of rotatable bonds is 1. The topological polar surface area (TPSA) is 3.24 Å². The molecule has 1 aromatic carbocycles. The van der Waals surface area contributed by atoms with Crippen LogP contribution in [0.2, 0.25) is 0 Å². The molecule has 1 saturated heterocycles. The lowest BCUT2D eigenvalue weighted by atomic mass is 10.3. The van der Waals surface area contributed by atoms with Crippen molar-refractivity contribution in [3.05, 3.63) is 30.1 Å². The molecule has 1 aliphatic heterocycles. The molecule has 0 aliphatic carbocycles. The van der Waals surface area contributed by atoms with Gasteiger partial charge in [-0.2, -0.15) is 0 Å². The first kappa shape index (κ1) is 7.59. The fourth-order valence-electron chi connectivity index (χ4n) is 1.60. The van der Waals surface area contributed by atoms with Gasteiger partial charge >= 0.3 is 0 Å². The summed E-state index contributed by atoms with van der Waals surface area (Å²) in [6, 6.07) is 7.69. The first-order valence-corrected chi connectivity index (χ1v) is 4.28. The van der Waals surface area contributed by atoms with Crippen molar-refractivity contribution in [2.75, 3.05) is 18.0 Å². The zero-order chi connectivity index (χ0) is 8.39. The molecule has 1 aliphatic rings. The lowest BCUT2D eigenvalue weighted by Crippen LogP contribution is -2.18. The van der Waals surface area contributed by atoms with Crippen LogP contribution in [0.4, 0.5) is 10.1 Å². The second-order valence-corrected chi connectivity index (χ2v) is 3.07. The quantitative estimate of drug-likeness (QED) is 0.615. The Morgan fingerprint density at radius 2 is 2.08 bits per heavy atom. The minimum atomic E-state index is -0.129. The number of hydrogen-bond acceptors (Lipinski definition) is 1. The average molecular weight is 164 g/mol. The SMILES string of the molecule is Fc1cc[c]cc1N1CCCC1. The van der Waals surface area contributed by atoms with E-state index in [0.717, 1.165) is 13.1 Å². The van der Waals surface area contributed by atoms with Crippen LogP contribution in [0.1, 0.15) is 12.8 Å². The molecular weight excluding hydrogens is 153 g/mol. The Bertz CT molecular complexity index is 266. The zero-order valence-corrected chi connectivity index (χ0v) is 6.89. The van der Waals surface area contributed by atoms with Gasteiger partial charge in [0, 0.05) is 13.1 Å². The largest absolute Gasteiger partial charge is 0.369 e. The Hall–Kier alpha value is -1.05. The third-order valence-corrected chi connectivity index (χ3v) is 2.24. The second kappa shape index (κ2) is 3.13. The Morgan fingerprint density at radius 3 is 2.75 bits per heavy atom. The summed E-state index contributed by atoms with van der Waals surface area (Å²) in [6.45, 7) is 1.96. The van der Waals surface area contributed by atoms with Gasteiger partial charge in [-0.3, -0.25) is 0 Å². The van der Waals surface area contributed by atoms with E-state index in [-0.39, 0.29) is 5.82 Å². The van der Waals surface area contributed by atoms with Crippen LogP contribution in [0.3, 0.4) is 0 Å². The fraction of sp³-hybridized carbons (Fsp3) is 0.400. The molecule has 0 unspecified atom stereocenters. The molecule has 12 heavy (non-hydrogen) atoms. The maximum Gasteiger partial charge on any atom is 0.146 e. The number of anilines is 1. The number of nitrogens with zero attached hydrogens (tertiary/aromatic N) is 1. The minimum Gasteiger partial charge on any atom is -0.369 e. The third kappa shape index (κ3) is 1.29. The van der Waals surface area contributed by atoms with E-state index in [1.807, 2.05) is 0 Å². The molecule has 1 radical (unpaired) electrons. The van der Waals surface area contributed by atoms with Gasteiger partial charge in [0.25, 0.3) is 0 Å². The van der Waals surface area contributed by atoms with E-state index in [4.69, 9.17) is 0 Å². The summed E-state index contributed by atoms with van der Waals surface area (Å²) in [7, 11) is 0. The first-order chi connectivity index (χ1) is 5.88. The fourth-order valence-corrected chi connectivity index (χ4v) is 1.60. The smallest absolute Gasteiger partial charge is 0.146 e. The van der Waals surface area contributed by atoms with E-state index in [1.165, 1.54) is 18.9 Å². The van der Waals surface area contributed by atoms with E-state index >= 15 is 0 Å². The molecule has 0 amide bonds. The summed E-state index contributed by atoms with van der Waals surface area (Å²) in [5.74, 6) is -0.129. The van der Waals surface area contributed by atoms with Crippen LogP contribution in [-0.4, -0.2) is 13.1 Å². The van der Waals surface area contributed by atoms with Crippen LogP contribution in [0.5, 0.6) is 0 Å². The lowest BCUT2D eigenvalue weighted by Gasteiger charge is -2.17. The molecule has 0 bridgehead atoms. The summed E-state index contributed by atoms with van der Waals surface area (Å²) < 4.78 is 13.2. The minimum absolute atomic E-state index is 0.129. The van der Waals surface area contributed by atoms with Crippen molar-refractivity contribution in [1.29, 1.82) is 0 Å². The summed E-state index contributed by atoms with van der Waals surface area (Å²) in [5.41, 5.74) is 0.704. The van der Waals surface area contributed by atoms with Crippen LogP contribution in [0.25, 0.3) is 0 Å². The van der Waals surface area contributed by atoms with Gasteiger partial charge in [0.2, 0.25) is 0 Å². The van der Waals surface area contributed by atoms with Crippen molar-refractivity contribution in [3.8, 4) is 0 Å². The summed E-state index contributed by atoms with van der Waals surface area (Å²) in [6.07, 6.45) is 2.35. The lowest BCUT2D eigenvalue weighted by molar-refractivity contribution is 0.623. The Kier molecular flexibility index (Phi) is 1.98. The molecular formula is C10H11FN. The molecule has 0 spiro atoms. The van der Waals surface area contributed by atoms with Gasteiger partial charge in [-0.05, 0) is 31.0 Å². The van der Waals surface area contributed by atoms with Gasteiger partial charge in [-0.25, -0.2) is 4.39 Å². The third-order valence-electron chi connectivity index (χ3n) is 2.24. The molecule has 0 aromatic heterocycles. The molecule has 1 aromatic rings. The van der Waals surface area contributed by atoms with Crippen molar-refractivity contribution in [2.24, 2.45) is 0 Å². The highest BCUT2D eigenvalue weighted by atomic mass is 19.1. The Balaban J connectivity index is 2.26. The molecule has 1 heterocycles. The standard InChI is InChI=1S/C10H11FN/c11-9-5-1-2-6-10(9)12-7-3-4-8-12/h1,5-6H,3-4,7-8H2. The number of hydrogen-bond donors (Lipinski definition) is 0. The van der Waals surface area contributed by atoms with Crippen LogP contribution in [0, 0.1) is 11.9 Å². The Morgan fingerprint density at radius 1 is 1.33 bits per heavy atom. The maximum absolute atomic E-state index is 13.2. The summed E-state index contributed by atoms with van der Waals surface area (Å²) in [5, 5.41) is 0. The Labute approximate surface area is 71.8 Å². The molecule has 0 atom stereocenters. The van der Waals surface area contributed by atoms with Crippen molar-refractivity contribution in [1.82, 2.24) is 0 Å². The normalized spacial score (nSPS) is 16.9. The first-order valence-electron chi connectivity index (χ1n) is 4.28. The van der Waals surface area contributed by atoms with E-state index in [9.17, 15) is 4.39 Å². The maximum atomic E-state index is 13.2. The van der Waals surface area contributed by atoms with Crippen molar-refractivity contribution < 1.29 is 4.39 Å². The van der Waals surface area contributed by atoms with E-state index in [0.29, 0.717) is 5.69 Å². The molecule has 0 N–H and O–H groups in total. The van der Waals surface area contributed by atoms with Crippen LogP contribution in [-0.2, 0) is 0 Å². The van der Waals surface area contributed by atoms with Gasteiger partial charge < -0.3 is 4.90 Å². The van der Waals surface area contributed by atoms with Gasteiger partial charge in [-0.15, -0.1) is 0 Å². The van der Waals surface area contributed by atoms with E-state index < -0.39 is 0 Å². The molecule has 2 rings (SSSR count). The number of halogens is 1. The average Bonchev–Trinajstić information content (AvgIpc) is 2.57. The predicted molar refractivity (Wildman–Crippen MR) is 46.7 cm³/mol. The summed E-state index contributed by atoms with van der Waals surface area (Å²) in [4.78, 5) is 2.08. The highest BCUT2D eigenvalue weighted by Gasteiger charge is 2.14. The highest BCUT2D eigenvalue weighted by Crippen LogP contribution is 2.22. The van der Waals surface area contributed by atoms with E-state index in [2.05, 4.69) is 11.0 Å². The molecule has 1 fully saturated rings. The molecule has 0 saturated carbocycles. The van der Waals surface area contributed by atoms with Gasteiger partial charge in [0.05, 0.1) is 5.69 Å². The van der Waals surface area contributed by atoms with Gasteiger partial charge in [0.1, 0.15) is 5.82 Å². The molecule has 63 valence electrons.